The van der Waals surface area contributed by atoms with Crippen molar-refractivity contribution in [3.8, 4) is 0 Å². The van der Waals surface area contributed by atoms with Crippen molar-refractivity contribution >= 4 is 29.3 Å². The van der Waals surface area contributed by atoms with E-state index in [0.717, 1.165) is 35.0 Å². The highest BCUT2D eigenvalue weighted by Gasteiger charge is 2.24. The lowest BCUT2D eigenvalue weighted by atomic mass is 10.1. The summed E-state index contributed by atoms with van der Waals surface area (Å²) in [6.07, 6.45) is 4.08. The molecular weight excluding hydrogens is 330 g/mol. The zero-order valence-electron chi connectivity index (χ0n) is 12.9. The summed E-state index contributed by atoms with van der Waals surface area (Å²) < 4.78 is 0. The summed E-state index contributed by atoms with van der Waals surface area (Å²) in [5, 5.41) is 1.12. The maximum absolute atomic E-state index is 12.6. The highest BCUT2D eigenvalue weighted by Crippen LogP contribution is 2.37. The van der Waals surface area contributed by atoms with Gasteiger partial charge in [0.05, 0.1) is 11.9 Å². The van der Waals surface area contributed by atoms with E-state index in [2.05, 4.69) is 16.0 Å². The first-order valence-corrected chi connectivity index (χ1v) is 9.02. The summed E-state index contributed by atoms with van der Waals surface area (Å²) in [5.41, 5.74) is 2.38. The van der Waals surface area contributed by atoms with Crippen LogP contribution in [0.25, 0.3) is 0 Å². The maximum atomic E-state index is 12.6. The third kappa shape index (κ3) is 3.85. The van der Waals surface area contributed by atoms with E-state index in [4.69, 9.17) is 11.6 Å². The van der Waals surface area contributed by atoms with Crippen LogP contribution in [-0.2, 0) is 0 Å². The monoisotopic (exact) mass is 347 g/mol. The third-order valence-electron chi connectivity index (χ3n) is 3.88. The van der Waals surface area contributed by atoms with E-state index < -0.39 is 0 Å². The Morgan fingerprint density at radius 1 is 1.26 bits per heavy atom. The Kier molecular flexibility index (Phi) is 5.18. The minimum atomic E-state index is -0.0436. The van der Waals surface area contributed by atoms with Crippen LogP contribution in [0, 0.1) is 6.92 Å². The van der Waals surface area contributed by atoms with Crippen LogP contribution >= 0.6 is 23.4 Å². The van der Waals surface area contributed by atoms with Crippen molar-refractivity contribution in [1.29, 1.82) is 0 Å². The molecule has 1 atom stereocenters. The fraction of sp³-hybridized carbons (Fsp3) is 0.353. The Hall–Kier alpha value is -1.59. The molecule has 0 radical (unpaired) electrons. The van der Waals surface area contributed by atoms with Gasteiger partial charge in [-0.3, -0.25) is 9.78 Å². The molecule has 1 aliphatic heterocycles. The zero-order valence-corrected chi connectivity index (χ0v) is 14.5. The van der Waals surface area contributed by atoms with Gasteiger partial charge in [0.15, 0.2) is 0 Å². The van der Waals surface area contributed by atoms with Crippen molar-refractivity contribution in [2.75, 3.05) is 18.8 Å². The van der Waals surface area contributed by atoms with Gasteiger partial charge >= 0.3 is 0 Å². The van der Waals surface area contributed by atoms with Gasteiger partial charge in [-0.2, -0.15) is 11.8 Å². The fourth-order valence-corrected chi connectivity index (χ4v) is 4.22. The molecule has 0 saturated carbocycles. The lowest BCUT2D eigenvalue weighted by Gasteiger charge is -2.20. The summed E-state index contributed by atoms with van der Waals surface area (Å²) in [7, 11) is 0. The van der Waals surface area contributed by atoms with Gasteiger partial charge in [0, 0.05) is 35.3 Å². The number of carbonyl (C=O) groups excluding carboxylic acids is 1. The van der Waals surface area contributed by atoms with Crippen LogP contribution in [0.2, 0.25) is 5.02 Å². The van der Waals surface area contributed by atoms with E-state index in [1.807, 2.05) is 41.8 Å². The Morgan fingerprint density at radius 2 is 2.09 bits per heavy atom. The van der Waals surface area contributed by atoms with Crippen molar-refractivity contribution < 1.29 is 4.79 Å². The molecule has 3 rings (SSSR count). The molecule has 0 spiro atoms. The molecule has 1 unspecified atom stereocenters. The van der Waals surface area contributed by atoms with E-state index in [1.54, 1.807) is 12.4 Å². The number of hydrogen-bond donors (Lipinski definition) is 0. The van der Waals surface area contributed by atoms with Crippen LogP contribution in [0.3, 0.4) is 0 Å². The Labute approximate surface area is 145 Å². The number of rotatable bonds is 2. The van der Waals surface area contributed by atoms with E-state index in [1.165, 1.54) is 0 Å². The second-order valence-electron chi connectivity index (χ2n) is 5.50. The molecule has 1 aromatic heterocycles. The van der Waals surface area contributed by atoms with Crippen LogP contribution in [0.1, 0.15) is 33.4 Å². The largest absolute Gasteiger partial charge is 0.336 e. The lowest BCUT2D eigenvalue weighted by Crippen LogP contribution is -2.33. The number of hydrogen-bond acceptors (Lipinski definition) is 4. The lowest BCUT2D eigenvalue weighted by molar-refractivity contribution is 0.0760. The molecule has 2 heterocycles. The number of carbonyl (C=O) groups is 1. The summed E-state index contributed by atoms with van der Waals surface area (Å²) >= 11 is 8.16. The van der Waals surface area contributed by atoms with Gasteiger partial charge < -0.3 is 4.90 Å². The predicted molar refractivity (Wildman–Crippen MR) is 93.9 cm³/mol. The first-order chi connectivity index (χ1) is 11.1. The standard InChI is InChI=1S/C17H18ClN3OS/c1-12-10-20-15(11-19-12)17(22)21-7-6-16(23-9-8-21)13-4-2-3-5-14(13)18/h2-5,10-11,16H,6-9H2,1H3. The molecule has 1 aromatic carbocycles. The summed E-state index contributed by atoms with van der Waals surface area (Å²) in [6, 6.07) is 7.95. The second-order valence-corrected chi connectivity index (χ2v) is 7.22. The average molecular weight is 348 g/mol. The van der Waals surface area contributed by atoms with E-state index >= 15 is 0 Å². The number of aromatic nitrogens is 2. The molecule has 2 aromatic rings. The van der Waals surface area contributed by atoms with E-state index in [0.29, 0.717) is 17.5 Å². The van der Waals surface area contributed by atoms with Crippen LogP contribution in [0.15, 0.2) is 36.7 Å². The van der Waals surface area contributed by atoms with Crippen LogP contribution < -0.4 is 0 Å². The number of nitrogens with zero attached hydrogens (tertiary/aromatic N) is 3. The summed E-state index contributed by atoms with van der Waals surface area (Å²) in [5.74, 6) is 0.846. The number of halogens is 1. The smallest absolute Gasteiger partial charge is 0.274 e. The van der Waals surface area contributed by atoms with Crippen molar-refractivity contribution in [1.82, 2.24) is 14.9 Å². The molecule has 0 bridgehead atoms. The van der Waals surface area contributed by atoms with Crippen LogP contribution in [0.5, 0.6) is 0 Å². The predicted octanol–water partition coefficient (Wildman–Crippen LogP) is 3.76. The van der Waals surface area contributed by atoms with Gasteiger partial charge in [-0.05, 0) is 25.0 Å². The molecule has 23 heavy (non-hydrogen) atoms. The quantitative estimate of drug-likeness (QED) is 0.829. The van der Waals surface area contributed by atoms with Gasteiger partial charge in [0.2, 0.25) is 0 Å². The van der Waals surface area contributed by atoms with E-state index in [-0.39, 0.29) is 5.91 Å². The molecule has 1 fully saturated rings. The molecule has 0 N–H and O–H groups in total. The molecule has 120 valence electrons. The minimum Gasteiger partial charge on any atom is -0.336 e. The van der Waals surface area contributed by atoms with Crippen molar-refractivity contribution in [2.24, 2.45) is 0 Å². The normalized spacial score (nSPS) is 18.5. The zero-order chi connectivity index (χ0) is 16.2. The molecular formula is C17H18ClN3OS. The van der Waals surface area contributed by atoms with Gasteiger partial charge in [0.25, 0.3) is 5.91 Å². The highest BCUT2D eigenvalue weighted by molar-refractivity contribution is 7.99. The van der Waals surface area contributed by atoms with Crippen molar-refractivity contribution in [2.45, 2.75) is 18.6 Å². The maximum Gasteiger partial charge on any atom is 0.274 e. The Morgan fingerprint density at radius 3 is 2.83 bits per heavy atom. The first kappa shape index (κ1) is 16.3. The topological polar surface area (TPSA) is 46.1 Å². The second kappa shape index (κ2) is 7.32. The SMILES string of the molecule is Cc1cnc(C(=O)N2CCSC(c3ccccc3Cl)CC2)cn1. The number of aryl methyl sites for hydroxylation is 1. The minimum absolute atomic E-state index is 0.0436. The van der Waals surface area contributed by atoms with Crippen LogP contribution in [-0.4, -0.2) is 39.6 Å². The summed E-state index contributed by atoms with van der Waals surface area (Å²) in [4.78, 5) is 22.8. The van der Waals surface area contributed by atoms with Gasteiger partial charge in [-0.1, -0.05) is 29.8 Å². The molecule has 1 aliphatic rings. The first-order valence-electron chi connectivity index (χ1n) is 7.59. The van der Waals surface area contributed by atoms with Gasteiger partial charge in [-0.15, -0.1) is 0 Å². The molecule has 6 heteroatoms. The highest BCUT2D eigenvalue weighted by atomic mass is 35.5. The fourth-order valence-electron chi connectivity index (χ4n) is 2.62. The third-order valence-corrected chi connectivity index (χ3v) is 5.54. The number of benzene rings is 1. The average Bonchev–Trinajstić information content (AvgIpc) is 2.81. The van der Waals surface area contributed by atoms with Gasteiger partial charge in [0.1, 0.15) is 5.69 Å². The Bertz CT molecular complexity index is 692. The van der Waals surface area contributed by atoms with Crippen LogP contribution in [0.4, 0.5) is 0 Å². The summed E-state index contributed by atoms with van der Waals surface area (Å²) in [6.45, 7) is 3.29. The van der Waals surface area contributed by atoms with Crippen molar-refractivity contribution in [3.05, 3.63) is 58.6 Å². The van der Waals surface area contributed by atoms with Gasteiger partial charge in [-0.25, -0.2) is 4.98 Å². The number of thioether (sulfide) groups is 1. The molecule has 1 saturated heterocycles. The van der Waals surface area contributed by atoms with Crippen molar-refractivity contribution in [3.63, 3.8) is 0 Å². The molecule has 0 aliphatic carbocycles. The molecule has 4 nitrogen and oxygen atoms in total. The number of amides is 1. The van der Waals surface area contributed by atoms with E-state index in [9.17, 15) is 4.79 Å². The Balaban J connectivity index is 1.70. The molecule has 1 amide bonds.